The number of carbonyl (C=O) groups is 1. The van der Waals surface area contributed by atoms with Crippen LogP contribution < -0.4 is 4.90 Å². The zero-order chi connectivity index (χ0) is 13.2. The second kappa shape index (κ2) is 5.13. The Morgan fingerprint density at radius 2 is 2.37 bits per heavy atom. The fraction of sp³-hybridized carbons (Fsp3) is 0.615. The molecule has 0 saturated carbocycles. The van der Waals surface area contributed by atoms with Gasteiger partial charge in [-0.25, -0.2) is 9.97 Å². The number of aromatic nitrogens is 2. The number of anilines is 1. The summed E-state index contributed by atoms with van der Waals surface area (Å²) in [6.07, 6.45) is 4.77. The van der Waals surface area contributed by atoms with Crippen LogP contribution in [0.3, 0.4) is 0 Å². The van der Waals surface area contributed by atoms with Crippen molar-refractivity contribution in [2.24, 2.45) is 0 Å². The molecule has 1 aromatic heterocycles. The minimum atomic E-state index is -0.800. The summed E-state index contributed by atoms with van der Waals surface area (Å²) in [6, 6.07) is -0.133. The first kappa shape index (κ1) is 12.3. The Hall–Kier alpha value is -1.69. The van der Waals surface area contributed by atoms with E-state index in [1.165, 1.54) is 5.56 Å². The zero-order valence-electron chi connectivity index (χ0n) is 10.7. The number of fused-ring (bicyclic) bond motifs is 1. The maximum atomic E-state index is 11.0. The van der Waals surface area contributed by atoms with Crippen molar-refractivity contribution in [1.82, 2.24) is 9.97 Å². The highest BCUT2D eigenvalue weighted by molar-refractivity contribution is 5.68. The molecule has 0 bridgehead atoms. The lowest BCUT2D eigenvalue weighted by Gasteiger charge is -2.36. The van der Waals surface area contributed by atoms with E-state index in [0.717, 1.165) is 30.8 Å². The van der Waals surface area contributed by atoms with E-state index >= 15 is 0 Å². The van der Waals surface area contributed by atoms with Gasteiger partial charge in [-0.3, -0.25) is 4.79 Å². The lowest BCUT2D eigenvalue weighted by Crippen LogP contribution is -2.47. The molecule has 0 radical (unpaired) electrons. The molecule has 0 amide bonds. The van der Waals surface area contributed by atoms with Crippen molar-refractivity contribution in [3.63, 3.8) is 0 Å². The molecule has 1 unspecified atom stereocenters. The smallest absolute Gasteiger partial charge is 0.305 e. The van der Waals surface area contributed by atoms with Gasteiger partial charge in [0.1, 0.15) is 12.1 Å². The highest BCUT2D eigenvalue weighted by Gasteiger charge is 2.30. The third-order valence-corrected chi connectivity index (χ3v) is 3.76. The summed E-state index contributed by atoms with van der Waals surface area (Å²) in [5.41, 5.74) is 2.31. The van der Waals surface area contributed by atoms with Crippen LogP contribution in [0.5, 0.6) is 0 Å². The molecular formula is C13H17N3O3. The Kier molecular flexibility index (Phi) is 3.33. The molecule has 1 N–H and O–H groups in total. The lowest BCUT2D eigenvalue weighted by atomic mass is 10.1. The van der Waals surface area contributed by atoms with Crippen LogP contribution in [0, 0.1) is 0 Å². The summed E-state index contributed by atoms with van der Waals surface area (Å²) >= 11 is 0. The number of morpholine rings is 1. The first-order valence-electron chi connectivity index (χ1n) is 6.64. The fourth-order valence-corrected chi connectivity index (χ4v) is 2.89. The maximum Gasteiger partial charge on any atom is 0.305 e. The molecule has 1 aliphatic carbocycles. The van der Waals surface area contributed by atoms with E-state index in [4.69, 9.17) is 9.84 Å². The molecule has 3 rings (SSSR count). The van der Waals surface area contributed by atoms with Crippen LogP contribution in [0.4, 0.5) is 5.82 Å². The average Bonchev–Trinajstić information content (AvgIpc) is 2.87. The second-order valence-corrected chi connectivity index (χ2v) is 5.00. The van der Waals surface area contributed by atoms with Crippen molar-refractivity contribution in [3.05, 3.63) is 17.6 Å². The van der Waals surface area contributed by atoms with E-state index in [1.807, 2.05) is 0 Å². The molecule has 1 fully saturated rings. The Morgan fingerprint density at radius 3 is 3.21 bits per heavy atom. The minimum absolute atomic E-state index is 0.0821. The van der Waals surface area contributed by atoms with Crippen LogP contribution in [0.2, 0.25) is 0 Å². The van der Waals surface area contributed by atoms with Gasteiger partial charge in [-0.1, -0.05) is 0 Å². The van der Waals surface area contributed by atoms with Gasteiger partial charge < -0.3 is 14.7 Å². The molecule has 19 heavy (non-hydrogen) atoms. The summed E-state index contributed by atoms with van der Waals surface area (Å²) in [5, 5.41) is 9.01. The number of aryl methyl sites for hydroxylation is 1. The van der Waals surface area contributed by atoms with Crippen LogP contribution in [0.1, 0.15) is 24.1 Å². The highest BCUT2D eigenvalue weighted by Crippen LogP contribution is 2.30. The Balaban J connectivity index is 1.90. The third kappa shape index (κ3) is 2.40. The number of aliphatic carboxylic acids is 1. The largest absolute Gasteiger partial charge is 0.481 e. The fourth-order valence-electron chi connectivity index (χ4n) is 2.89. The predicted octanol–water partition coefficient (Wildman–Crippen LogP) is 0.645. The van der Waals surface area contributed by atoms with E-state index in [0.29, 0.717) is 19.8 Å². The lowest BCUT2D eigenvalue weighted by molar-refractivity contribution is -0.138. The maximum absolute atomic E-state index is 11.0. The van der Waals surface area contributed by atoms with Crippen molar-refractivity contribution >= 4 is 11.8 Å². The van der Waals surface area contributed by atoms with E-state index in [2.05, 4.69) is 14.9 Å². The van der Waals surface area contributed by atoms with Crippen molar-refractivity contribution in [3.8, 4) is 0 Å². The topological polar surface area (TPSA) is 75.6 Å². The number of carboxylic acid groups (broad SMARTS) is 1. The number of ether oxygens (including phenoxy) is 1. The van der Waals surface area contributed by atoms with Gasteiger partial charge in [0.25, 0.3) is 0 Å². The number of rotatable bonds is 3. The van der Waals surface area contributed by atoms with Crippen LogP contribution in [-0.2, 0) is 22.4 Å². The molecular weight excluding hydrogens is 246 g/mol. The molecule has 0 spiro atoms. The van der Waals surface area contributed by atoms with Gasteiger partial charge >= 0.3 is 5.97 Å². The normalized spacial score (nSPS) is 22.3. The van der Waals surface area contributed by atoms with Gasteiger partial charge in [0.15, 0.2) is 0 Å². The van der Waals surface area contributed by atoms with E-state index in [9.17, 15) is 4.79 Å². The molecule has 1 aliphatic heterocycles. The van der Waals surface area contributed by atoms with E-state index in [1.54, 1.807) is 6.33 Å². The van der Waals surface area contributed by atoms with Gasteiger partial charge in [0.05, 0.1) is 25.7 Å². The van der Waals surface area contributed by atoms with Crippen molar-refractivity contribution in [1.29, 1.82) is 0 Å². The standard InChI is InChI=1S/C13H17N3O3/c17-12(18)6-9-7-19-5-4-16(9)13-10-2-1-3-11(10)14-8-15-13/h8-9H,1-7H2,(H,17,18). The monoisotopic (exact) mass is 263 g/mol. The van der Waals surface area contributed by atoms with Crippen LogP contribution in [-0.4, -0.2) is 46.8 Å². The number of carboxylic acids is 1. The first-order valence-corrected chi connectivity index (χ1v) is 6.64. The quantitative estimate of drug-likeness (QED) is 0.862. The molecule has 0 aromatic carbocycles. The molecule has 2 aliphatic rings. The molecule has 102 valence electrons. The highest BCUT2D eigenvalue weighted by atomic mass is 16.5. The molecule has 6 heteroatoms. The summed E-state index contributed by atoms with van der Waals surface area (Å²) in [4.78, 5) is 21.8. The van der Waals surface area contributed by atoms with E-state index < -0.39 is 5.97 Å². The van der Waals surface area contributed by atoms with Gasteiger partial charge in [0, 0.05) is 17.8 Å². The first-order chi connectivity index (χ1) is 9.25. The minimum Gasteiger partial charge on any atom is -0.481 e. The summed E-state index contributed by atoms with van der Waals surface area (Å²) in [6.45, 7) is 1.77. The van der Waals surface area contributed by atoms with E-state index in [-0.39, 0.29) is 12.5 Å². The zero-order valence-corrected chi connectivity index (χ0v) is 10.7. The number of hydrogen-bond donors (Lipinski definition) is 1. The molecule has 2 heterocycles. The van der Waals surface area contributed by atoms with Gasteiger partial charge in [0.2, 0.25) is 0 Å². The third-order valence-electron chi connectivity index (χ3n) is 3.76. The van der Waals surface area contributed by atoms with Crippen LogP contribution in [0.15, 0.2) is 6.33 Å². The SMILES string of the molecule is O=C(O)CC1COCCN1c1ncnc2c1CCC2. The summed E-state index contributed by atoms with van der Waals surface area (Å²) in [5.74, 6) is 0.114. The summed E-state index contributed by atoms with van der Waals surface area (Å²) in [7, 11) is 0. The number of nitrogens with zero attached hydrogens (tertiary/aromatic N) is 3. The molecule has 6 nitrogen and oxygen atoms in total. The molecule has 1 atom stereocenters. The van der Waals surface area contributed by atoms with Crippen LogP contribution in [0.25, 0.3) is 0 Å². The van der Waals surface area contributed by atoms with Crippen molar-refractivity contribution < 1.29 is 14.6 Å². The molecule has 1 aromatic rings. The Morgan fingerprint density at radius 1 is 1.47 bits per heavy atom. The van der Waals surface area contributed by atoms with Gasteiger partial charge in [-0.2, -0.15) is 0 Å². The van der Waals surface area contributed by atoms with Gasteiger partial charge in [-0.05, 0) is 19.3 Å². The number of hydrogen-bond acceptors (Lipinski definition) is 5. The Labute approximate surface area is 111 Å². The van der Waals surface area contributed by atoms with Crippen molar-refractivity contribution in [2.45, 2.75) is 31.7 Å². The Bertz CT molecular complexity index is 492. The van der Waals surface area contributed by atoms with Crippen molar-refractivity contribution in [2.75, 3.05) is 24.7 Å². The predicted molar refractivity (Wildman–Crippen MR) is 68.3 cm³/mol. The molecule has 1 saturated heterocycles. The average molecular weight is 263 g/mol. The second-order valence-electron chi connectivity index (χ2n) is 5.00. The van der Waals surface area contributed by atoms with Gasteiger partial charge in [-0.15, -0.1) is 0 Å². The van der Waals surface area contributed by atoms with Crippen LogP contribution >= 0.6 is 0 Å². The summed E-state index contributed by atoms with van der Waals surface area (Å²) < 4.78 is 5.41.